The summed E-state index contributed by atoms with van der Waals surface area (Å²) in [4.78, 5) is 10.1. The average molecular weight is 209 g/mol. The van der Waals surface area contributed by atoms with Crippen LogP contribution in [0.25, 0.3) is 0 Å². The molecule has 0 aliphatic rings. The lowest BCUT2D eigenvalue weighted by Gasteiger charge is -2.09. The lowest BCUT2D eigenvalue weighted by atomic mass is 10.0. The second kappa shape index (κ2) is 4.89. The Morgan fingerprint density at radius 1 is 1.53 bits per heavy atom. The number of hydrogen-bond acceptors (Lipinski definition) is 3. The predicted octanol–water partition coefficient (Wildman–Crippen LogP) is 2.22. The smallest absolute Gasteiger partial charge is 0.269 e. The van der Waals surface area contributed by atoms with Crippen molar-refractivity contribution in [3.63, 3.8) is 0 Å². The Balaban J connectivity index is 2.88. The highest BCUT2D eigenvalue weighted by Gasteiger charge is 2.10. The van der Waals surface area contributed by atoms with E-state index in [1.165, 1.54) is 12.1 Å². The molecule has 1 aromatic rings. The van der Waals surface area contributed by atoms with Crippen LogP contribution in [0.1, 0.15) is 24.5 Å². The van der Waals surface area contributed by atoms with Crippen LogP contribution in [0.2, 0.25) is 0 Å². The first-order chi connectivity index (χ1) is 7.04. The van der Waals surface area contributed by atoms with E-state index in [9.17, 15) is 15.2 Å². The number of nitro groups is 1. The second-order valence-electron chi connectivity index (χ2n) is 3.63. The van der Waals surface area contributed by atoms with Crippen molar-refractivity contribution in [3.05, 3.63) is 39.4 Å². The minimum atomic E-state index is -0.410. The van der Waals surface area contributed by atoms with Gasteiger partial charge in [-0.15, -0.1) is 0 Å². The Labute approximate surface area is 88.7 Å². The fourth-order valence-corrected chi connectivity index (χ4v) is 1.42. The third kappa shape index (κ3) is 3.02. The molecule has 0 radical (unpaired) electrons. The first-order valence-corrected chi connectivity index (χ1v) is 4.96. The van der Waals surface area contributed by atoms with Crippen LogP contribution in [0.5, 0.6) is 0 Å². The zero-order chi connectivity index (χ0) is 11.4. The standard InChI is InChI=1S/C11H15NO3/c1-3-11(13)7-9-4-5-10(12(14)15)6-8(9)2/h4-6,11,13H,3,7H2,1-2H3. The molecule has 1 aromatic carbocycles. The van der Waals surface area contributed by atoms with Crippen molar-refractivity contribution in [2.24, 2.45) is 0 Å². The van der Waals surface area contributed by atoms with Crippen molar-refractivity contribution < 1.29 is 10.0 Å². The highest BCUT2D eigenvalue weighted by molar-refractivity contribution is 5.39. The molecule has 1 N–H and O–H groups in total. The van der Waals surface area contributed by atoms with Crippen molar-refractivity contribution >= 4 is 5.69 Å². The van der Waals surface area contributed by atoms with Crippen LogP contribution < -0.4 is 0 Å². The molecule has 0 heterocycles. The molecule has 15 heavy (non-hydrogen) atoms. The summed E-state index contributed by atoms with van der Waals surface area (Å²) in [5, 5.41) is 20.0. The quantitative estimate of drug-likeness (QED) is 0.610. The monoisotopic (exact) mass is 209 g/mol. The number of non-ortho nitro benzene ring substituents is 1. The fraction of sp³-hybridized carbons (Fsp3) is 0.455. The molecule has 0 saturated carbocycles. The second-order valence-corrected chi connectivity index (χ2v) is 3.63. The molecule has 82 valence electrons. The summed E-state index contributed by atoms with van der Waals surface area (Å²) >= 11 is 0. The van der Waals surface area contributed by atoms with Gasteiger partial charge in [0, 0.05) is 12.1 Å². The topological polar surface area (TPSA) is 63.4 Å². The van der Waals surface area contributed by atoms with E-state index in [-0.39, 0.29) is 11.8 Å². The number of benzene rings is 1. The first kappa shape index (κ1) is 11.7. The number of hydrogen-bond donors (Lipinski definition) is 1. The molecule has 0 amide bonds. The van der Waals surface area contributed by atoms with Crippen LogP contribution in [0.4, 0.5) is 5.69 Å². The number of aliphatic hydroxyl groups is 1. The van der Waals surface area contributed by atoms with Crippen LogP contribution in [-0.2, 0) is 6.42 Å². The Morgan fingerprint density at radius 3 is 2.67 bits per heavy atom. The SMILES string of the molecule is CCC(O)Cc1ccc([N+](=O)[O-])cc1C. The van der Waals surface area contributed by atoms with Crippen molar-refractivity contribution in [3.8, 4) is 0 Å². The van der Waals surface area contributed by atoms with E-state index in [1.807, 2.05) is 13.8 Å². The summed E-state index contributed by atoms with van der Waals surface area (Å²) in [5.41, 5.74) is 1.92. The Morgan fingerprint density at radius 2 is 2.20 bits per heavy atom. The fourth-order valence-electron chi connectivity index (χ4n) is 1.42. The van der Waals surface area contributed by atoms with E-state index in [0.29, 0.717) is 12.8 Å². The van der Waals surface area contributed by atoms with Gasteiger partial charge in [0.25, 0.3) is 5.69 Å². The van der Waals surface area contributed by atoms with Gasteiger partial charge in [-0.05, 0) is 30.9 Å². The molecular weight excluding hydrogens is 194 g/mol. The molecular formula is C11H15NO3. The van der Waals surface area contributed by atoms with E-state index in [1.54, 1.807) is 6.07 Å². The molecule has 1 atom stereocenters. The van der Waals surface area contributed by atoms with Gasteiger partial charge in [0.1, 0.15) is 0 Å². The number of aliphatic hydroxyl groups excluding tert-OH is 1. The maximum atomic E-state index is 10.5. The summed E-state index contributed by atoms with van der Waals surface area (Å²) in [6.45, 7) is 3.73. The summed E-state index contributed by atoms with van der Waals surface area (Å²) in [7, 11) is 0. The largest absolute Gasteiger partial charge is 0.393 e. The molecule has 0 spiro atoms. The number of nitro benzene ring substituents is 1. The molecule has 1 rings (SSSR count). The van der Waals surface area contributed by atoms with E-state index >= 15 is 0 Å². The third-order valence-electron chi connectivity index (χ3n) is 2.46. The zero-order valence-electron chi connectivity index (χ0n) is 8.93. The minimum absolute atomic E-state index is 0.0993. The average Bonchev–Trinajstić information content (AvgIpc) is 2.20. The van der Waals surface area contributed by atoms with Crippen LogP contribution in [0.3, 0.4) is 0 Å². The number of nitrogens with zero attached hydrogens (tertiary/aromatic N) is 1. The highest BCUT2D eigenvalue weighted by Crippen LogP contribution is 2.18. The molecule has 0 aliphatic heterocycles. The maximum absolute atomic E-state index is 10.5. The maximum Gasteiger partial charge on any atom is 0.269 e. The number of rotatable bonds is 4. The van der Waals surface area contributed by atoms with Gasteiger partial charge < -0.3 is 5.11 Å². The van der Waals surface area contributed by atoms with Gasteiger partial charge in [-0.2, -0.15) is 0 Å². The molecule has 0 fully saturated rings. The Bertz CT molecular complexity index is 363. The van der Waals surface area contributed by atoms with Gasteiger partial charge in [-0.1, -0.05) is 13.0 Å². The first-order valence-electron chi connectivity index (χ1n) is 4.96. The van der Waals surface area contributed by atoms with Crippen LogP contribution in [0.15, 0.2) is 18.2 Å². The molecule has 4 heteroatoms. The molecule has 0 aliphatic carbocycles. The minimum Gasteiger partial charge on any atom is -0.393 e. The van der Waals surface area contributed by atoms with Crippen molar-refractivity contribution in [2.75, 3.05) is 0 Å². The summed E-state index contributed by atoms with van der Waals surface area (Å²) in [6, 6.07) is 4.73. The van der Waals surface area contributed by atoms with Crippen molar-refractivity contribution in [2.45, 2.75) is 32.8 Å². The lowest BCUT2D eigenvalue weighted by molar-refractivity contribution is -0.384. The lowest BCUT2D eigenvalue weighted by Crippen LogP contribution is -2.09. The highest BCUT2D eigenvalue weighted by atomic mass is 16.6. The zero-order valence-corrected chi connectivity index (χ0v) is 8.93. The van der Waals surface area contributed by atoms with E-state index in [2.05, 4.69) is 0 Å². The van der Waals surface area contributed by atoms with Crippen molar-refractivity contribution in [1.29, 1.82) is 0 Å². The summed E-state index contributed by atoms with van der Waals surface area (Å²) in [6.07, 6.45) is 0.877. The predicted molar refractivity (Wildman–Crippen MR) is 57.8 cm³/mol. The van der Waals surface area contributed by atoms with Gasteiger partial charge in [-0.25, -0.2) is 0 Å². The molecule has 0 bridgehead atoms. The van der Waals surface area contributed by atoms with Gasteiger partial charge in [0.15, 0.2) is 0 Å². The van der Waals surface area contributed by atoms with E-state index in [4.69, 9.17) is 0 Å². The molecule has 0 saturated heterocycles. The molecule has 0 aromatic heterocycles. The van der Waals surface area contributed by atoms with Gasteiger partial charge in [-0.3, -0.25) is 10.1 Å². The van der Waals surface area contributed by atoms with Gasteiger partial charge in [0.2, 0.25) is 0 Å². The van der Waals surface area contributed by atoms with Gasteiger partial charge >= 0.3 is 0 Å². The molecule has 4 nitrogen and oxygen atoms in total. The normalized spacial score (nSPS) is 12.5. The van der Waals surface area contributed by atoms with Crippen LogP contribution >= 0.6 is 0 Å². The van der Waals surface area contributed by atoms with E-state index < -0.39 is 4.92 Å². The van der Waals surface area contributed by atoms with Gasteiger partial charge in [0.05, 0.1) is 11.0 Å². The van der Waals surface area contributed by atoms with Crippen LogP contribution in [-0.4, -0.2) is 16.1 Å². The number of aryl methyl sites for hydroxylation is 1. The molecule has 1 unspecified atom stereocenters. The Kier molecular flexibility index (Phi) is 3.80. The summed E-state index contributed by atoms with van der Waals surface area (Å²) in [5.74, 6) is 0. The third-order valence-corrected chi connectivity index (χ3v) is 2.46. The van der Waals surface area contributed by atoms with E-state index in [0.717, 1.165) is 11.1 Å². The Hall–Kier alpha value is -1.42. The summed E-state index contributed by atoms with van der Waals surface area (Å²) < 4.78 is 0. The van der Waals surface area contributed by atoms with Crippen LogP contribution in [0, 0.1) is 17.0 Å². The van der Waals surface area contributed by atoms with Crippen molar-refractivity contribution in [1.82, 2.24) is 0 Å².